The molecule has 3 aromatic carbocycles. The molecule has 8 heteroatoms. The van der Waals surface area contributed by atoms with Crippen molar-refractivity contribution < 1.29 is 14.0 Å². The van der Waals surface area contributed by atoms with Crippen LogP contribution in [0.25, 0.3) is 11.1 Å². The highest BCUT2D eigenvalue weighted by Crippen LogP contribution is 2.32. The average molecular weight is 550 g/mol. The molecule has 0 unspecified atom stereocenters. The highest BCUT2D eigenvalue weighted by molar-refractivity contribution is 6.33. The number of piperazine rings is 1. The molecule has 4 aromatic rings. The number of aromatic nitrogens is 1. The molecule has 0 spiro atoms. The number of benzene rings is 3. The first-order valence-electron chi connectivity index (χ1n) is 12.3. The van der Waals surface area contributed by atoms with E-state index >= 15 is 0 Å². The summed E-state index contributed by atoms with van der Waals surface area (Å²) in [4.78, 5) is 30.5. The van der Waals surface area contributed by atoms with E-state index in [1.54, 1.807) is 9.80 Å². The summed E-state index contributed by atoms with van der Waals surface area (Å²) < 4.78 is 15.4. The van der Waals surface area contributed by atoms with Gasteiger partial charge in [-0.1, -0.05) is 65.7 Å². The normalized spacial score (nSPS) is 13.6. The molecule has 5 rings (SSSR count). The number of hydrogen-bond acceptors (Lipinski definition) is 2. The van der Waals surface area contributed by atoms with Crippen molar-refractivity contribution in [3.8, 4) is 11.1 Å². The molecule has 1 aromatic heterocycles. The Kier molecular flexibility index (Phi) is 7.54. The van der Waals surface area contributed by atoms with Gasteiger partial charge in [0, 0.05) is 49.5 Å². The minimum atomic E-state index is -0.493. The maximum absolute atomic E-state index is 14.0. The molecule has 194 valence electrons. The van der Waals surface area contributed by atoms with Crippen molar-refractivity contribution in [2.45, 2.75) is 13.5 Å². The zero-order valence-corrected chi connectivity index (χ0v) is 22.3. The summed E-state index contributed by atoms with van der Waals surface area (Å²) in [5.74, 6) is -0.856. The van der Waals surface area contributed by atoms with Crippen LogP contribution in [0.2, 0.25) is 10.0 Å². The number of carbonyl (C=O) groups excluding carboxylic acids is 2. The van der Waals surface area contributed by atoms with Crippen molar-refractivity contribution in [1.82, 2.24) is 14.4 Å². The summed E-state index contributed by atoms with van der Waals surface area (Å²) in [6, 6.07) is 21.3. The SMILES string of the molecule is Cc1cn(Cc2ccccc2)c(C(=O)N2CCN(C(=O)c3ccc(F)cc3Cl)CC2)c1-c1ccc(Cl)cc1. The molecule has 0 N–H and O–H groups in total. The first-order valence-corrected chi connectivity index (χ1v) is 13.1. The number of rotatable bonds is 5. The fraction of sp³-hybridized carbons (Fsp3) is 0.200. The summed E-state index contributed by atoms with van der Waals surface area (Å²) in [5, 5.41) is 0.709. The summed E-state index contributed by atoms with van der Waals surface area (Å²) in [7, 11) is 0. The van der Waals surface area contributed by atoms with Crippen LogP contribution in [0, 0.1) is 12.7 Å². The fourth-order valence-electron chi connectivity index (χ4n) is 4.90. The van der Waals surface area contributed by atoms with Crippen molar-refractivity contribution in [3.05, 3.63) is 117 Å². The molecule has 1 aliphatic rings. The molecule has 0 radical (unpaired) electrons. The van der Waals surface area contributed by atoms with Crippen LogP contribution in [0.4, 0.5) is 4.39 Å². The van der Waals surface area contributed by atoms with Crippen LogP contribution >= 0.6 is 23.2 Å². The highest BCUT2D eigenvalue weighted by atomic mass is 35.5. The lowest BCUT2D eigenvalue weighted by Crippen LogP contribution is -2.51. The molecule has 1 aliphatic heterocycles. The van der Waals surface area contributed by atoms with E-state index < -0.39 is 5.82 Å². The molecular weight excluding hydrogens is 524 g/mol. The Hall–Kier alpha value is -3.61. The first-order chi connectivity index (χ1) is 18.3. The predicted octanol–water partition coefficient (Wildman–Crippen LogP) is 6.56. The highest BCUT2D eigenvalue weighted by Gasteiger charge is 2.30. The van der Waals surface area contributed by atoms with E-state index in [1.807, 2.05) is 72.3 Å². The van der Waals surface area contributed by atoms with Crippen LogP contribution in [-0.4, -0.2) is 52.4 Å². The Morgan fingerprint density at radius 3 is 2.11 bits per heavy atom. The molecule has 5 nitrogen and oxygen atoms in total. The monoisotopic (exact) mass is 549 g/mol. The van der Waals surface area contributed by atoms with Gasteiger partial charge >= 0.3 is 0 Å². The second kappa shape index (κ2) is 11.0. The summed E-state index contributed by atoms with van der Waals surface area (Å²) in [6.45, 7) is 4.01. The van der Waals surface area contributed by atoms with Crippen molar-refractivity contribution in [2.24, 2.45) is 0 Å². The van der Waals surface area contributed by atoms with Crippen molar-refractivity contribution in [2.75, 3.05) is 26.2 Å². The lowest BCUT2D eigenvalue weighted by Gasteiger charge is -2.35. The minimum absolute atomic E-state index is 0.0790. The van der Waals surface area contributed by atoms with Gasteiger partial charge in [0.2, 0.25) is 0 Å². The number of aryl methyl sites for hydroxylation is 1. The molecule has 2 heterocycles. The quantitative estimate of drug-likeness (QED) is 0.283. The lowest BCUT2D eigenvalue weighted by atomic mass is 10.0. The van der Waals surface area contributed by atoms with Gasteiger partial charge in [0.05, 0.1) is 10.6 Å². The van der Waals surface area contributed by atoms with Gasteiger partial charge in [-0.15, -0.1) is 0 Å². The van der Waals surface area contributed by atoms with Crippen LogP contribution in [0.5, 0.6) is 0 Å². The van der Waals surface area contributed by atoms with Gasteiger partial charge in [-0.05, 0) is 53.9 Å². The average Bonchev–Trinajstić information content (AvgIpc) is 3.24. The van der Waals surface area contributed by atoms with E-state index in [0.29, 0.717) is 43.4 Å². The first kappa shape index (κ1) is 26.0. The van der Waals surface area contributed by atoms with Crippen molar-refractivity contribution in [1.29, 1.82) is 0 Å². The summed E-state index contributed by atoms with van der Waals surface area (Å²) >= 11 is 12.2. The molecule has 0 saturated carbocycles. The number of hydrogen-bond donors (Lipinski definition) is 0. The number of carbonyl (C=O) groups is 2. The Morgan fingerprint density at radius 1 is 0.842 bits per heavy atom. The van der Waals surface area contributed by atoms with Crippen LogP contribution in [-0.2, 0) is 6.54 Å². The third-order valence-electron chi connectivity index (χ3n) is 6.81. The Labute approximate surface area is 231 Å². The van der Waals surface area contributed by atoms with E-state index in [-0.39, 0.29) is 22.4 Å². The minimum Gasteiger partial charge on any atom is -0.338 e. The number of nitrogens with zero attached hydrogens (tertiary/aromatic N) is 3. The lowest BCUT2D eigenvalue weighted by molar-refractivity contribution is 0.0530. The van der Waals surface area contributed by atoms with Gasteiger partial charge in [0.25, 0.3) is 11.8 Å². The van der Waals surface area contributed by atoms with Crippen LogP contribution in [0.3, 0.4) is 0 Å². The van der Waals surface area contributed by atoms with E-state index in [2.05, 4.69) is 0 Å². The van der Waals surface area contributed by atoms with Crippen LogP contribution < -0.4 is 0 Å². The smallest absolute Gasteiger partial charge is 0.271 e. The third-order valence-corrected chi connectivity index (χ3v) is 7.38. The predicted molar refractivity (Wildman–Crippen MR) is 148 cm³/mol. The fourth-order valence-corrected chi connectivity index (χ4v) is 5.28. The zero-order chi connectivity index (χ0) is 26.8. The molecule has 1 fully saturated rings. The number of amides is 2. The molecule has 0 bridgehead atoms. The van der Waals surface area contributed by atoms with Gasteiger partial charge < -0.3 is 14.4 Å². The molecule has 2 amide bonds. The standard InChI is InChI=1S/C30H26Cl2FN3O2/c1-20-18-36(19-21-5-3-2-4-6-21)28(27(20)22-7-9-23(31)10-8-22)30(38)35-15-13-34(14-16-35)29(37)25-12-11-24(33)17-26(25)32/h2-12,17-18H,13-16,19H2,1H3. The van der Waals surface area contributed by atoms with Gasteiger partial charge in [-0.25, -0.2) is 4.39 Å². The van der Waals surface area contributed by atoms with Crippen LogP contribution in [0.15, 0.2) is 79.0 Å². The second-order valence-electron chi connectivity index (χ2n) is 9.36. The Bertz CT molecular complexity index is 1480. The summed E-state index contributed by atoms with van der Waals surface area (Å²) in [6.07, 6.45) is 2.01. The van der Waals surface area contributed by atoms with Crippen LogP contribution in [0.1, 0.15) is 32.0 Å². The largest absolute Gasteiger partial charge is 0.338 e. The van der Waals surface area contributed by atoms with Gasteiger partial charge in [-0.2, -0.15) is 0 Å². The van der Waals surface area contributed by atoms with E-state index in [9.17, 15) is 14.0 Å². The second-order valence-corrected chi connectivity index (χ2v) is 10.2. The molecule has 1 saturated heterocycles. The molecule has 0 atom stereocenters. The Balaban J connectivity index is 1.42. The van der Waals surface area contributed by atoms with Gasteiger partial charge in [0.1, 0.15) is 11.5 Å². The summed E-state index contributed by atoms with van der Waals surface area (Å²) in [5.41, 5.74) is 4.73. The number of halogens is 3. The van der Waals surface area contributed by atoms with E-state index in [1.165, 1.54) is 12.1 Å². The zero-order valence-electron chi connectivity index (χ0n) is 20.8. The topological polar surface area (TPSA) is 45.6 Å². The maximum atomic E-state index is 14.0. The van der Waals surface area contributed by atoms with Crippen molar-refractivity contribution in [3.63, 3.8) is 0 Å². The molecule has 38 heavy (non-hydrogen) atoms. The molecular formula is C30H26Cl2FN3O2. The maximum Gasteiger partial charge on any atom is 0.271 e. The molecule has 0 aliphatic carbocycles. The van der Waals surface area contributed by atoms with Gasteiger partial charge in [-0.3, -0.25) is 9.59 Å². The van der Waals surface area contributed by atoms with Gasteiger partial charge in [0.15, 0.2) is 0 Å². The third kappa shape index (κ3) is 5.33. The van der Waals surface area contributed by atoms with E-state index in [4.69, 9.17) is 23.2 Å². The van der Waals surface area contributed by atoms with E-state index in [0.717, 1.165) is 28.3 Å². The van der Waals surface area contributed by atoms with Crippen molar-refractivity contribution >= 4 is 35.0 Å². The Morgan fingerprint density at radius 2 is 1.47 bits per heavy atom.